The molecule has 0 bridgehead atoms. The van der Waals surface area contributed by atoms with E-state index in [9.17, 15) is 10.1 Å². The van der Waals surface area contributed by atoms with Crippen LogP contribution in [0.2, 0.25) is 0 Å². The molecule has 3 rings (SSSR count). The van der Waals surface area contributed by atoms with Crippen LogP contribution in [0.15, 0.2) is 12.1 Å². The molecular weight excluding hydrogens is 276 g/mol. The number of nitro benzene ring substituents is 1. The summed E-state index contributed by atoms with van der Waals surface area (Å²) < 4.78 is 16.2. The Bertz CT molecular complexity index is 553. The number of rotatable bonds is 3. The quantitative estimate of drug-likeness (QED) is 0.681. The number of hydrogen-bond donors (Lipinski definition) is 1. The lowest BCUT2D eigenvalue weighted by Crippen LogP contribution is -2.37. The zero-order chi connectivity index (χ0) is 15.0. The van der Waals surface area contributed by atoms with Crippen LogP contribution in [0.1, 0.15) is 26.7 Å². The summed E-state index contributed by atoms with van der Waals surface area (Å²) >= 11 is 0. The van der Waals surface area contributed by atoms with Gasteiger partial charge < -0.3 is 19.5 Å². The fourth-order valence-electron chi connectivity index (χ4n) is 2.94. The van der Waals surface area contributed by atoms with Crippen LogP contribution in [0.5, 0.6) is 11.5 Å². The Balaban J connectivity index is 1.85. The molecule has 1 N–H and O–H groups in total. The lowest BCUT2D eigenvalue weighted by atomic mass is 9.99. The second kappa shape index (κ2) is 5.40. The summed E-state index contributed by atoms with van der Waals surface area (Å²) in [7, 11) is 0. The van der Waals surface area contributed by atoms with Crippen LogP contribution in [0.3, 0.4) is 0 Å². The molecule has 2 unspecified atom stereocenters. The van der Waals surface area contributed by atoms with Crippen LogP contribution in [0, 0.1) is 10.1 Å². The third-order valence-electron chi connectivity index (χ3n) is 3.74. The normalized spacial score (nSPS) is 27.4. The maximum absolute atomic E-state index is 11.2. The van der Waals surface area contributed by atoms with Gasteiger partial charge in [-0.15, -0.1) is 0 Å². The summed E-state index contributed by atoms with van der Waals surface area (Å²) in [5.41, 5.74) is 0.474. The van der Waals surface area contributed by atoms with Crippen molar-refractivity contribution in [2.24, 2.45) is 0 Å². The summed E-state index contributed by atoms with van der Waals surface area (Å²) in [6.45, 7) is 4.12. The van der Waals surface area contributed by atoms with Crippen molar-refractivity contribution in [1.82, 2.24) is 0 Å². The van der Waals surface area contributed by atoms with Crippen molar-refractivity contribution in [2.75, 3.05) is 12.1 Å². The minimum Gasteiger partial charge on any atom is -0.454 e. The molecule has 0 radical (unpaired) electrons. The van der Waals surface area contributed by atoms with Crippen LogP contribution in [-0.4, -0.2) is 30.0 Å². The molecule has 1 saturated heterocycles. The van der Waals surface area contributed by atoms with Gasteiger partial charge in [-0.1, -0.05) is 0 Å². The van der Waals surface area contributed by atoms with Gasteiger partial charge in [-0.3, -0.25) is 10.1 Å². The van der Waals surface area contributed by atoms with Crippen molar-refractivity contribution in [3.05, 3.63) is 22.2 Å². The van der Waals surface area contributed by atoms with Crippen molar-refractivity contribution in [2.45, 2.75) is 44.9 Å². The van der Waals surface area contributed by atoms with Crippen LogP contribution in [0.25, 0.3) is 0 Å². The van der Waals surface area contributed by atoms with E-state index in [1.54, 1.807) is 6.07 Å². The average Bonchev–Trinajstić information content (AvgIpc) is 2.83. The van der Waals surface area contributed by atoms with Crippen molar-refractivity contribution in [3.8, 4) is 11.5 Å². The van der Waals surface area contributed by atoms with E-state index >= 15 is 0 Å². The third kappa shape index (κ3) is 2.87. The predicted molar refractivity (Wildman–Crippen MR) is 75.9 cm³/mol. The highest BCUT2D eigenvalue weighted by Crippen LogP contribution is 2.41. The van der Waals surface area contributed by atoms with Crippen LogP contribution < -0.4 is 14.8 Å². The highest BCUT2D eigenvalue weighted by Gasteiger charge is 2.28. The number of ether oxygens (including phenoxy) is 3. The van der Waals surface area contributed by atoms with Gasteiger partial charge in [0, 0.05) is 12.1 Å². The largest absolute Gasteiger partial charge is 0.454 e. The molecule has 7 nitrogen and oxygen atoms in total. The first-order valence-corrected chi connectivity index (χ1v) is 7.03. The molecule has 0 saturated carbocycles. The monoisotopic (exact) mass is 294 g/mol. The maximum Gasteiger partial charge on any atom is 0.296 e. The van der Waals surface area contributed by atoms with E-state index in [-0.39, 0.29) is 30.7 Å². The van der Waals surface area contributed by atoms with E-state index in [0.29, 0.717) is 17.2 Å². The minimum absolute atomic E-state index is 0.00560. The molecule has 7 heteroatoms. The van der Waals surface area contributed by atoms with Gasteiger partial charge in [-0.2, -0.15) is 0 Å². The molecular formula is C14H18N2O5. The summed E-state index contributed by atoms with van der Waals surface area (Å²) in [6, 6.07) is 3.20. The van der Waals surface area contributed by atoms with Crippen molar-refractivity contribution in [3.63, 3.8) is 0 Å². The highest BCUT2D eigenvalue weighted by molar-refractivity contribution is 5.69. The van der Waals surface area contributed by atoms with Crippen molar-refractivity contribution >= 4 is 11.4 Å². The summed E-state index contributed by atoms with van der Waals surface area (Å²) in [5, 5.41) is 14.5. The Morgan fingerprint density at radius 2 is 1.81 bits per heavy atom. The summed E-state index contributed by atoms with van der Waals surface area (Å²) in [4.78, 5) is 10.8. The van der Waals surface area contributed by atoms with Gasteiger partial charge in [0.15, 0.2) is 11.5 Å². The molecule has 2 aliphatic heterocycles. The van der Waals surface area contributed by atoms with E-state index in [4.69, 9.17) is 14.2 Å². The fraction of sp³-hybridized carbons (Fsp3) is 0.571. The SMILES string of the molecule is CC1CC(Nc2cc3c(cc2[N+](=O)[O-])OCO3)CC(C)O1. The molecule has 1 aromatic carbocycles. The predicted octanol–water partition coefficient (Wildman–Crippen LogP) is 2.69. The van der Waals surface area contributed by atoms with Gasteiger partial charge in [0.25, 0.3) is 5.69 Å². The van der Waals surface area contributed by atoms with E-state index in [0.717, 1.165) is 12.8 Å². The van der Waals surface area contributed by atoms with Gasteiger partial charge in [0.1, 0.15) is 5.69 Å². The second-order valence-electron chi connectivity index (χ2n) is 5.55. The molecule has 2 heterocycles. The highest BCUT2D eigenvalue weighted by atomic mass is 16.7. The van der Waals surface area contributed by atoms with Gasteiger partial charge in [0.2, 0.25) is 6.79 Å². The van der Waals surface area contributed by atoms with Crippen molar-refractivity contribution < 1.29 is 19.1 Å². The second-order valence-corrected chi connectivity index (χ2v) is 5.55. The van der Waals surface area contributed by atoms with Crippen LogP contribution in [-0.2, 0) is 4.74 Å². The Morgan fingerprint density at radius 1 is 1.19 bits per heavy atom. The van der Waals surface area contributed by atoms with E-state index in [1.165, 1.54) is 6.07 Å². The molecule has 2 aliphatic rings. The number of nitrogens with one attached hydrogen (secondary N) is 1. The van der Waals surface area contributed by atoms with Gasteiger partial charge in [-0.25, -0.2) is 0 Å². The topological polar surface area (TPSA) is 82.9 Å². The Kier molecular flexibility index (Phi) is 3.59. The number of fused-ring (bicyclic) bond motifs is 1. The molecule has 0 aromatic heterocycles. The lowest BCUT2D eigenvalue weighted by Gasteiger charge is -2.33. The van der Waals surface area contributed by atoms with Crippen molar-refractivity contribution in [1.29, 1.82) is 0 Å². The van der Waals surface area contributed by atoms with Gasteiger partial charge >= 0.3 is 0 Å². The number of hydrogen-bond acceptors (Lipinski definition) is 6. The average molecular weight is 294 g/mol. The Hall–Kier alpha value is -2.02. The molecule has 0 amide bonds. The zero-order valence-electron chi connectivity index (χ0n) is 12.0. The maximum atomic E-state index is 11.2. The number of benzene rings is 1. The van der Waals surface area contributed by atoms with E-state index < -0.39 is 4.92 Å². The molecule has 2 atom stereocenters. The number of nitro groups is 1. The number of nitrogens with zero attached hydrogens (tertiary/aromatic N) is 1. The summed E-state index contributed by atoms with van der Waals surface area (Å²) in [5.74, 6) is 0.956. The molecule has 0 aliphatic carbocycles. The first-order chi connectivity index (χ1) is 10.0. The smallest absolute Gasteiger partial charge is 0.296 e. The zero-order valence-corrected chi connectivity index (χ0v) is 12.0. The van der Waals surface area contributed by atoms with E-state index in [2.05, 4.69) is 5.32 Å². The van der Waals surface area contributed by atoms with E-state index in [1.807, 2.05) is 13.8 Å². The first-order valence-electron chi connectivity index (χ1n) is 7.03. The third-order valence-corrected chi connectivity index (χ3v) is 3.74. The van der Waals surface area contributed by atoms with Crippen LogP contribution >= 0.6 is 0 Å². The lowest BCUT2D eigenvalue weighted by molar-refractivity contribution is -0.384. The Morgan fingerprint density at radius 3 is 2.43 bits per heavy atom. The minimum atomic E-state index is -0.406. The van der Waals surface area contributed by atoms with Gasteiger partial charge in [-0.05, 0) is 26.7 Å². The standard InChI is InChI=1S/C14H18N2O5/c1-8-3-10(4-9(2)21-8)15-11-5-13-14(20-7-19-13)6-12(11)16(17)18/h5-6,8-10,15H,3-4,7H2,1-2H3. The molecule has 0 spiro atoms. The first kappa shape index (κ1) is 13.9. The molecule has 1 fully saturated rings. The number of anilines is 1. The Labute approximate surface area is 122 Å². The van der Waals surface area contributed by atoms with Crippen LogP contribution in [0.4, 0.5) is 11.4 Å². The molecule has 21 heavy (non-hydrogen) atoms. The molecule has 1 aromatic rings. The molecule has 114 valence electrons. The summed E-state index contributed by atoms with van der Waals surface area (Å²) in [6.07, 6.45) is 1.91. The fourth-order valence-corrected chi connectivity index (χ4v) is 2.94. The van der Waals surface area contributed by atoms with Gasteiger partial charge in [0.05, 0.1) is 23.2 Å².